The summed E-state index contributed by atoms with van der Waals surface area (Å²) < 4.78 is 0. The Hall–Kier alpha value is -1.30. The Balaban J connectivity index is 2.52. The fraction of sp³-hybridized carbons (Fsp3) is 0.733. The molecule has 18 heavy (non-hydrogen) atoms. The van der Waals surface area contributed by atoms with Gasteiger partial charge in [0.1, 0.15) is 5.82 Å². The molecule has 0 aliphatic heterocycles. The molecule has 1 aromatic heterocycles. The molecular formula is C15H25N3. The zero-order valence-corrected chi connectivity index (χ0v) is 11.9. The summed E-state index contributed by atoms with van der Waals surface area (Å²) in [5.74, 6) is 0.950. The normalized spacial score (nSPS) is 12.3. The molecule has 100 valence electrons. The Morgan fingerprint density at radius 2 is 1.94 bits per heavy atom. The molecule has 1 atom stereocenters. The predicted octanol–water partition coefficient (Wildman–Crippen LogP) is 4.11. The van der Waals surface area contributed by atoms with E-state index in [0.29, 0.717) is 0 Å². The van der Waals surface area contributed by atoms with Gasteiger partial charge in [-0.25, -0.2) is 4.98 Å². The molecule has 0 saturated carbocycles. The second kappa shape index (κ2) is 7.92. The molecular weight excluding hydrogens is 222 g/mol. The summed E-state index contributed by atoms with van der Waals surface area (Å²) in [5.41, 5.74) is 2.08. The molecule has 0 saturated heterocycles. The maximum atomic E-state index is 8.99. The topological polar surface area (TPSA) is 52.5 Å². The Bertz CT molecular complexity index is 387. The van der Waals surface area contributed by atoms with Crippen LogP contribution in [0.2, 0.25) is 0 Å². The number of rotatable bonds is 8. The predicted molar refractivity (Wildman–Crippen MR) is 74.5 cm³/mol. The first-order valence-electron chi connectivity index (χ1n) is 7.20. The molecule has 0 aliphatic rings. The van der Waals surface area contributed by atoms with Gasteiger partial charge in [-0.1, -0.05) is 39.5 Å². The van der Waals surface area contributed by atoms with Crippen molar-refractivity contribution in [1.82, 2.24) is 9.97 Å². The number of unbranched alkanes of at least 4 members (excludes halogenated alkanes) is 4. The first-order valence-corrected chi connectivity index (χ1v) is 7.20. The number of hydrogen-bond acceptors (Lipinski definition) is 2. The van der Waals surface area contributed by atoms with Crippen LogP contribution in [-0.2, 0) is 12.8 Å². The summed E-state index contributed by atoms with van der Waals surface area (Å²) in [4.78, 5) is 7.97. The lowest BCUT2D eigenvalue weighted by molar-refractivity contribution is 0.624. The van der Waals surface area contributed by atoms with E-state index < -0.39 is 0 Å². The van der Waals surface area contributed by atoms with Crippen molar-refractivity contribution in [2.45, 2.75) is 71.6 Å². The van der Waals surface area contributed by atoms with Gasteiger partial charge in [0.05, 0.1) is 17.7 Å². The van der Waals surface area contributed by atoms with Crippen molar-refractivity contribution in [3.8, 4) is 6.07 Å². The Kier molecular flexibility index (Phi) is 6.49. The zero-order chi connectivity index (χ0) is 13.4. The first-order chi connectivity index (χ1) is 8.72. The maximum absolute atomic E-state index is 8.99. The van der Waals surface area contributed by atoms with Crippen LogP contribution in [0.15, 0.2) is 0 Å². The highest BCUT2D eigenvalue weighted by molar-refractivity contribution is 5.23. The minimum atomic E-state index is -0.106. The Morgan fingerprint density at radius 3 is 2.56 bits per heavy atom. The van der Waals surface area contributed by atoms with Crippen molar-refractivity contribution in [2.24, 2.45) is 0 Å². The van der Waals surface area contributed by atoms with E-state index in [-0.39, 0.29) is 5.92 Å². The molecule has 1 heterocycles. The van der Waals surface area contributed by atoms with Gasteiger partial charge >= 0.3 is 0 Å². The molecule has 0 fully saturated rings. The van der Waals surface area contributed by atoms with Crippen molar-refractivity contribution in [3.63, 3.8) is 0 Å². The van der Waals surface area contributed by atoms with E-state index in [1.165, 1.54) is 32.1 Å². The third kappa shape index (κ3) is 4.18. The van der Waals surface area contributed by atoms with E-state index in [9.17, 15) is 0 Å². The number of nitriles is 1. The molecule has 1 aromatic rings. The lowest BCUT2D eigenvalue weighted by atomic mass is 10.1. The number of nitrogens with one attached hydrogen (secondary N) is 1. The standard InChI is InChI=1S/C15H25N3/c1-4-6-7-8-9-10-14-17-13(5-2)15(18-14)12(3)11-16/h12H,4-10H2,1-3H3,(H,17,18). The van der Waals surface area contributed by atoms with Crippen LogP contribution in [0.4, 0.5) is 0 Å². The van der Waals surface area contributed by atoms with E-state index in [1.807, 2.05) is 6.92 Å². The average Bonchev–Trinajstić information content (AvgIpc) is 2.81. The van der Waals surface area contributed by atoms with E-state index in [2.05, 4.69) is 29.9 Å². The lowest BCUT2D eigenvalue weighted by Gasteiger charge is -1.99. The van der Waals surface area contributed by atoms with E-state index >= 15 is 0 Å². The van der Waals surface area contributed by atoms with Crippen LogP contribution in [-0.4, -0.2) is 9.97 Å². The molecule has 0 aromatic carbocycles. The number of imidazole rings is 1. The van der Waals surface area contributed by atoms with Crippen LogP contribution in [0, 0.1) is 11.3 Å². The second-order valence-corrected chi connectivity index (χ2v) is 4.92. The second-order valence-electron chi connectivity index (χ2n) is 4.92. The molecule has 0 radical (unpaired) electrons. The lowest BCUT2D eigenvalue weighted by Crippen LogP contribution is -1.95. The molecule has 3 heteroatoms. The molecule has 1 rings (SSSR count). The molecule has 0 bridgehead atoms. The molecule has 1 N–H and O–H groups in total. The molecule has 0 spiro atoms. The number of aryl methyl sites for hydroxylation is 2. The summed E-state index contributed by atoms with van der Waals surface area (Å²) in [6.07, 6.45) is 8.33. The van der Waals surface area contributed by atoms with Crippen LogP contribution >= 0.6 is 0 Å². The SMILES string of the molecule is CCCCCCCc1nc(C(C)C#N)c(CC)[nH]1. The van der Waals surface area contributed by atoms with Crippen LogP contribution in [0.3, 0.4) is 0 Å². The maximum Gasteiger partial charge on any atom is 0.106 e. The van der Waals surface area contributed by atoms with Gasteiger partial charge in [-0.15, -0.1) is 0 Å². The van der Waals surface area contributed by atoms with Crippen molar-refractivity contribution in [3.05, 3.63) is 17.2 Å². The van der Waals surface area contributed by atoms with Gasteiger partial charge in [0, 0.05) is 12.1 Å². The number of H-pyrrole nitrogens is 1. The van der Waals surface area contributed by atoms with Crippen molar-refractivity contribution < 1.29 is 0 Å². The monoisotopic (exact) mass is 247 g/mol. The molecule has 0 aliphatic carbocycles. The van der Waals surface area contributed by atoms with Gasteiger partial charge in [-0.3, -0.25) is 0 Å². The zero-order valence-electron chi connectivity index (χ0n) is 11.9. The summed E-state index contributed by atoms with van der Waals surface area (Å²) >= 11 is 0. The van der Waals surface area contributed by atoms with Crippen molar-refractivity contribution >= 4 is 0 Å². The molecule has 3 nitrogen and oxygen atoms in total. The van der Waals surface area contributed by atoms with Crippen LogP contribution < -0.4 is 0 Å². The Labute approximate surface area is 111 Å². The quantitative estimate of drug-likeness (QED) is 0.703. The van der Waals surface area contributed by atoms with Gasteiger partial charge in [-0.05, 0) is 19.8 Å². The number of hydrogen-bond donors (Lipinski definition) is 1. The number of nitrogens with zero attached hydrogens (tertiary/aromatic N) is 2. The highest BCUT2D eigenvalue weighted by atomic mass is 14.9. The Morgan fingerprint density at radius 1 is 1.22 bits per heavy atom. The summed E-state index contributed by atoms with van der Waals surface area (Å²) in [6.45, 7) is 6.25. The highest BCUT2D eigenvalue weighted by Gasteiger charge is 2.14. The van der Waals surface area contributed by atoms with Gasteiger partial charge in [0.25, 0.3) is 0 Å². The fourth-order valence-electron chi connectivity index (χ4n) is 2.18. The average molecular weight is 247 g/mol. The molecule has 0 amide bonds. The van der Waals surface area contributed by atoms with Gasteiger partial charge in [0.15, 0.2) is 0 Å². The van der Waals surface area contributed by atoms with Crippen molar-refractivity contribution in [2.75, 3.05) is 0 Å². The molecule has 1 unspecified atom stereocenters. The van der Waals surface area contributed by atoms with Crippen LogP contribution in [0.5, 0.6) is 0 Å². The highest BCUT2D eigenvalue weighted by Crippen LogP contribution is 2.18. The number of aromatic amines is 1. The minimum Gasteiger partial charge on any atom is -0.346 e. The first kappa shape index (κ1) is 14.8. The largest absolute Gasteiger partial charge is 0.346 e. The van der Waals surface area contributed by atoms with Crippen LogP contribution in [0.1, 0.15) is 76.0 Å². The number of aromatic nitrogens is 2. The van der Waals surface area contributed by atoms with Gasteiger partial charge < -0.3 is 4.98 Å². The smallest absolute Gasteiger partial charge is 0.106 e. The van der Waals surface area contributed by atoms with E-state index in [1.54, 1.807) is 0 Å². The van der Waals surface area contributed by atoms with Crippen molar-refractivity contribution in [1.29, 1.82) is 5.26 Å². The third-order valence-corrected chi connectivity index (χ3v) is 3.33. The summed E-state index contributed by atoms with van der Waals surface area (Å²) in [6, 6.07) is 2.27. The van der Waals surface area contributed by atoms with Gasteiger partial charge in [0.2, 0.25) is 0 Å². The van der Waals surface area contributed by atoms with Gasteiger partial charge in [-0.2, -0.15) is 5.26 Å². The fourth-order valence-corrected chi connectivity index (χ4v) is 2.18. The van der Waals surface area contributed by atoms with E-state index in [0.717, 1.165) is 30.1 Å². The third-order valence-electron chi connectivity index (χ3n) is 3.33. The summed E-state index contributed by atoms with van der Waals surface area (Å²) in [7, 11) is 0. The van der Waals surface area contributed by atoms with E-state index in [4.69, 9.17) is 5.26 Å². The summed E-state index contributed by atoms with van der Waals surface area (Å²) in [5, 5.41) is 8.99. The minimum absolute atomic E-state index is 0.106. The van der Waals surface area contributed by atoms with Crippen LogP contribution in [0.25, 0.3) is 0 Å².